The Kier molecular flexibility index (Phi) is 5.56. The summed E-state index contributed by atoms with van der Waals surface area (Å²) in [6.45, 7) is 5.41. The summed E-state index contributed by atoms with van der Waals surface area (Å²) in [5, 5.41) is 3.69. The summed E-state index contributed by atoms with van der Waals surface area (Å²) in [6, 6.07) is 0. The number of rotatable bonds is 6. The van der Waals surface area contributed by atoms with Crippen LogP contribution in [-0.4, -0.2) is 29.7 Å². The Hall–Kier alpha value is 0.210. The van der Waals surface area contributed by atoms with Crippen LogP contribution in [0.15, 0.2) is 0 Å². The van der Waals surface area contributed by atoms with Gasteiger partial charge in [0.1, 0.15) is 0 Å². The molecular weight excluding hydrogens is 258 g/mol. The van der Waals surface area contributed by atoms with E-state index < -0.39 is 0 Å². The Balaban J connectivity index is 1.81. The molecule has 1 saturated carbocycles. The van der Waals surface area contributed by atoms with Crippen molar-refractivity contribution < 1.29 is 4.74 Å². The zero-order valence-corrected chi connectivity index (χ0v) is 13.4. The largest absolute Gasteiger partial charge is 0.370 e. The highest BCUT2D eigenvalue weighted by molar-refractivity contribution is 6.18. The molecule has 1 saturated heterocycles. The van der Waals surface area contributed by atoms with Crippen molar-refractivity contribution in [2.75, 3.05) is 12.4 Å². The van der Waals surface area contributed by atoms with Crippen LogP contribution in [0.2, 0.25) is 0 Å². The standard InChI is InChI=1S/C16H30ClNO/c1-3-15(4-2,13-17)18-12-14-8-11-16(19-14)9-6-5-7-10-16/h14,18H,3-13H2,1-2H3. The Morgan fingerprint density at radius 2 is 1.84 bits per heavy atom. The molecule has 0 radical (unpaired) electrons. The van der Waals surface area contributed by atoms with Crippen molar-refractivity contribution in [1.29, 1.82) is 0 Å². The van der Waals surface area contributed by atoms with Crippen molar-refractivity contribution in [1.82, 2.24) is 5.32 Å². The smallest absolute Gasteiger partial charge is 0.0708 e. The summed E-state index contributed by atoms with van der Waals surface area (Å²) in [4.78, 5) is 0. The highest BCUT2D eigenvalue weighted by Gasteiger charge is 2.41. The van der Waals surface area contributed by atoms with Gasteiger partial charge in [0.15, 0.2) is 0 Å². The van der Waals surface area contributed by atoms with Crippen molar-refractivity contribution in [2.24, 2.45) is 0 Å². The first-order valence-corrected chi connectivity index (χ1v) is 8.70. The summed E-state index contributed by atoms with van der Waals surface area (Å²) >= 11 is 6.15. The second kappa shape index (κ2) is 6.78. The van der Waals surface area contributed by atoms with Crippen LogP contribution in [0.25, 0.3) is 0 Å². The Morgan fingerprint density at radius 1 is 1.16 bits per heavy atom. The van der Waals surface area contributed by atoms with Crippen molar-refractivity contribution in [3.8, 4) is 0 Å². The minimum Gasteiger partial charge on any atom is -0.370 e. The average Bonchev–Trinajstić information content (AvgIpc) is 2.85. The lowest BCUT2D eigenvalue weighted by Gasteiger charge is -2.35. The summed E-state index contributed by atoms with van der Waals surface area (Å²) in [5.74, 6) is 0.692. The van der Waals surface area contributed by atoms with E-state index in [1.807, 2.05) is 0 Å². The molecule has 112 valence electrons. The highest BCUT2D eigenvalue weighted by atomic mass is 35.5. The van der Waals surface area contributed by atoms with Crippen LogP contribution in [0.1, 0.15) is 71.6 Å². The molecule has 3 heteroatoms. The summed E-state index contributed by atoms with van der Waals surface area (Å²) in [7, 11) is 0. The number of nitrogens with one attached hydrogen (secondary N) is 1. The molecule has 2 aliphatic rings. The number of halogens is 1. The van der Waals surface area contributed by atoms with Gasteiger partial charge in [-0.05, 0) is 38.5 Å². The fourth-order valence-corrected chi connectivity index (χ4v) is 4.14. The molecule has 1 aliphatic carbocycles. The van der Waals surface area contributed by atoms with Crippen LogP contribution in [-0.2, 0) is 4.74 Å². The van der Waals surface area contributed by atoms with Gasteiger partial charge in [0.05, 0.1) is 11.7 Å². The first kappa shape index (κ1) is 15.6. The van der Waals surface area contributed by atoms with E-state index in [1.54, 1.807) is 0 Å². The third kappa shape index (κ3) is 3.65. The molecule has 0 aromatic carbocycles. The zero-order chi connectivity index (χ0) is 13.8. The first-order chi connectivity index (χ1) is 9.17. The van der Waals surface area contributed by atoms with E-state index in [0.29, 0.717) is 12.0 Å². The van der Waals surface area contributed by atoms with E-state index in [4.69, 9.17) is 16.3 Å². The minimum atomic E-state index is 0.104. The maximum Gasteiger partial charge on any atom is 0.0708 e. The van der Waals surface area contributed by atoms with Crippen LogP contribution in [0.3, 0.4) is 0 Å². The molecular formula is C16H30ClNO. The van der Waals surface area contributed by atoms with E-state index in [0.717, 1.165) is 19.4 Å². The van der Waals surface area contributed by atoms with Gasteiger partial charge in [-0.1, -0.05) is 33.1 Å². The lowest BCUT2D eigenvalue weighted by atomic mass is 9.83. The van der Waals surface area contributed by atoms with Gasteiger partial charge in [0.2, 0.25) is 0 Å². The molecule has 19 heavy (non-hydrogen) atoms. The van der Waals surface area contributed by atoms with Crippen LogP contribution >= 0.6 is 11.6 Å². The van der Waals surface area contributed by atoms with Crippen LogP contribution in [0, 0.1) is 0 Å². The molecule has 2 fully saturated rings. The number of ether oxygens (including phenoxy) is 1. The van der Waals surface area contributed by atoms with Gasteiger partial charge >= 0.3 is 0 Å². The quantitative estimate of drug-likeness (QED) is 0.737. The number of hydrogen-bond donors (Lipinski definition) is 1. The predicted molar refractivity (Wildman–Crippen MR) is 82.0 cm³/mol. The van der Waals surface area contributed by atoms with Crippen molar-refractivity contribution in [2.45, 2.75) is 88.9 Å². The molecule has 1 atom stereocenters. The van der Waals surface area contributed by atoms with Crippen molar-refractivity contribution in [3.05, 3.63) is 0 Å². The average molecular weight is 288 g/mol. The van der Waals surface area contributed by atoms with Crippen LogP contribution in [0.5, 0.6) is 0 Å². The molecule has 2 nitrogen and oxygen atoms in total. The first-order valence-electron chi connectivity index (χ1n) is 8.16. The maximum absolute atomic E-state index is 6.41. The zero-order valence-electron chi connectivity index (χ0n) is 12.6. The van der Waals surface area contributed by atoms with Gasteiger partial charge < -0.3 is 10.1 Å². The molecule has 1 heterocycles. The van der Waals surface area contributed by atoms with Gasteiger partial charge in [-0.15, -0.1) is 11.6 Å². The Morgan fingerprint density at radius 3 is 2.42 bits per heavy atom. The normalized spacial score (nSPS) is 27.0. The van der Waals surface area contributed by atoms with Crippen molar-refractivity contribution >= 4 is 11.6 Å². The van der Waals surface area contributed by atoms with E-state index in [1.165, 1.54) is 44.9 Å². The minimum absolute atomic E-state index is 0.104. The number of alkyl halides is 1. The second-order valence-corrected chi connectivity index (χ2v) is 6.79. The van der Waals surface area contributed by atoms with Crippen LogP contribution in [0.4, 0.5) is 0 Å². The molecule has 1 N–H and O–H groups in total. The van der Waals surface area contributed by atoms with E-state index in [-0.39, 0.29) is 11.1 Å². The molecule has 0 bridgehead atoms. The molecule has 0 aromatic heterocycles. The van der Waals surface area contributed by atoms with Gasteiger partial charge in [0, 0.05) is 18.0 Å². The molecule has 1 spiro atoms. The second-order valence-electron chi connectivity index (χ2n) is 6.52. The Bertz CT molecular complexity index is 264. The summed E-state index contributed by atoms with van der Waals surface area (Å²) in [5.41, 5.74) is 0.347. The Labute approximate surface area is 123 Å². The van der Waals surface area contributed by atoms with Gasteiger partial charge in [0.25, 0.3) is 0 Å². The van der Waals surface area contributed by atoms with Crippen molar-refractivity contribution in [3.63, 3.8) is 0 Å². The van der Waals surface area contributed by atoms with Gasteiger partial charge in [-0.2, -0.15) is 0 Å². The number of hydrogen-bond acceptors (Lipinski definition) is 2. The van der Waals surface area contributed by atoms with Gasteiger partial charge in [-0.25, -0.2) is 0 Å². The lowest BCUT2D eigenvalue weighted by Crippen LogP contribution is -2.49. The highest BCUT2D eigenvalue weighted by Crippen LogP contribution is 2.41. The van der Waals surface area contributed by atoms with Crippen LogP contribution < -0.4 is 5.32 Å². The molecule has 0 aromatic rings. The summed E-state index contributed by atoms with van der Waals surface area (Å²) < 4.78 is 6.41. The van der Waals surface area contributed by atoms with E-state index in [9.17, 15) is 0 Å². The monoisotopic (exact) mass is 287 g/mol. The fraction of sp³-hybridized carbons (Fsp3) is 1.00. The maximum atomic E-state index is 6.41. The predicted octanol–water partition coefficient (Wildman–Crippen LogP) is 4.26. The lowest BCUT2D eigenvalue weighted by molar-refractivity contribution is -0.0640. The molecule has 1 unspecified atom stereocenters. The fourth-order valence-electron chi connectivity index (χ4n) is 3.67. The molecule has 1 aliphatic heterocycles. The molecule has 2 rings (SSSR count). The van der Waals surface area contributed by atoms with E-state index >= 15 is 0 Å². The topological polar surface area (TPSA) is 21.3 Å². The van der Waals surface area contributed by atoms with Gasteiger partial charge in [-0.3, -0.25) is 0 Å². The van der Waals surface area contributed by atoms with E-state index in [2.05, 4.69) is 19.2 Å². The third-order valence-electron chi connectivity index (χ3n) is 5.42. The molecule has 0 amide bonds. The summed E-state index contributed by atoms with van der Waals surface area (Å²) in [6.07, 6.45) is 11.7. The third-order valence-corrected chi connectivity index (χ3v) is 5.93. The SMILES string of the molecule is CCC(CC)(CCl)NCC1CCC2(CCCCC2)O1.